The number of benzene rings is 1. The van der Waals surface area contributed by atoms with Crippen molar-refractivity contribution in [2.24, 2.45) is 0 Å². The average Bonchev–Trinajstić information content (AvgIpc) is 2.58. The lowest BCUT2D eigenvalue weighted by molar-refractivity contribution is 0.0961. The van der Waals surface area contributed by atoms with Gasteiger partial charge >= 0.3 is 0 Å². The van der Waals surface area contributed by atoms with Gasteiger partial charge in [0, 0.05) is 10.5 Å². The van der Waals surface area contributed by atoms with Crippen LogP contribution in [-0.2, 0) is 0 Å². The number of fused-ring (bicyclic) bond motifs is 1. The number of Topliss-reactive ketones (excluding diaryl/α,β-unsaturated/α-hetero) is 1. The molecule has 0 amide bonds. The Hall–Kier alpha value is -0.960. The number of ketones is 1. The molecular weight excluding hydrogens is 196 g/mol. The number of rotatable bonds is 0. The molecule has 3 heteroatoms. The van der Waals surface area contributed by atoms with E-state index in [1.54, 1.807) is 6.07 Å². The Morgan fingerprint density at radius 1 is 1.36 bits per heavy atom. The number of hydrogen-bond donors (Lipinski definition) is 1. The first-order chi connectivity index (χ1) is 6.70. The lowest BCUT2D eigenvalue weighted by Crippen LogP contribution is -1.98. The third-order valence-corrected chi connectivity index (χ3v) is 2.51. The molecule has 1 aromatic rings. The maximum absolute atomic E-state index is 11.2. The molecule has 1 heterocycles. The largest absolute Gasteiger partial charge is 0.484 e. The summed E-state index contributed by atoms with van der Waals surface area (Å²) in [4.78, 5) is 12.0. The fourth-order valence-electron chi connectivity index (χ4n) is 1.30. The Balaban J connectivity index is 0.000000461. The summed E-state index contributed by atoms with van der Waals surface area (Å²) < 4.78 is 5.22. The quantitative estimate of drug-likeness (QED) is 0.666. The highest BCUT2D eigenvalue weighted by Gasteiger charge is 2.23. The summed E-state index contributed by atoms with van der Waals surface area (Å²) in [6, 6.07) is 3.59. The van der Waals surface area contributed by atoms with E-state index in [2.05, 4.69) is 12.6 Å². The molecule has 0 bridgehead atoms. The zero-order valence-corrected chi connectivity index (χ0v) is 9.52. The molecule has 0 spiro atoms. The van der Waals surface area contributed by atoms with Crippen molar-refractivity contribution in [3.8, 4) is 5.75 Å². The number of carbonyl (C=O) groups is 1. The minimum atomic E-state index is 0.0569. The van der Waals surface area contributed by atoms with Crippen molar-refractivity contribution in [3.05, 3.63) is 23.3 Å². The Morgan fingerprint density at radius 3 is 2.64 bits per heavy atom. The van der Waals surface area contributed by atoms with Crippen LogP contribution in [0.1, 0.15) is 29.8 Å². The second-order valence-electron chi connectivity index (χ2n) is 2.80. The Labute approximate surface area is 89.7 Å². The predicted molar refractivity (Wildman–Crippen MR) is 59.6 cm³/mol. The van der Waals surface area contributed by atoms with Crippen LogP contribution >= 0.6 is 12.6 Å². The first kappa shape index (κ1) is 11.1. The monoisotopic (exact) mass is 210 g/mol. The Morgan fingerprint density at radius 2 is 2.00 bits per heavy atom. The molecule has 0 saturated heterocycles. The van der Waals surface area contributed by atoms with Crippen LogP contribution in [0, 0.1) is 6.92 Å². The van der Waals surface area contributed by atoms with Crippen LogP contribution in [0.4, 0.5) is 0 Å². The van der Waals surface area contributed by atoms with Gasteiger partial charge in [-0.2, -0.15) is 0 Å². The van der Waals surface area contributed by atoms with E-state index in [0.717, 1.165) is 10.5 Å². The first-order valence-electron chi connectivity index (χ1n) is 4.68. The molecule has 2 rings (SSSR count). The molecule has 0 fully saturated rings. The molecule has 1 aliphatic heterocycles. The van der Waals surface area contributed by atoms with E-state index in [0.29, 0.717) is 11.3 Å². The van der Waals surface area contributed by atoms with Crippen LogP contribution in [0.25, 0.3) is 0 Å². The van der Waals surface area contributed by atoms with Gasteiger partial charge in [0.15, 0.2) is 6.61 Å². The average molecular weight is 210 g/mol. The van der Waals surface area contributed by atoms with E-state index in [4.69, 9.17) is 4.74 Å². The summed E-state index contributed by atoms with van der Waals surface area (Å²) in [6.45, 7) is 6.08. The summed E-state index contributed by atoms with van der Waals surface area (Å²) in [5, 5.41) is 0. The van der Waals surface area contributed by atoms with Crippen LogP contribution < -0.4 is 4.74 Å². The topological polar surface area (TPSA) is 26.3 Å². The Bertz CT molecular complexity index is 359. The van der Waals surface area contributed by atoms with Gasteiger partial charge in [0.2, 0.25) is 5.78 Å². The zero-order valence-electron chi connectivity index (χ0n) is 8.63. The van der Waals surface area contributed by atoms with Crippen molar-refractivity contribution in [2.75, 3.05) is 6.61 Å². The minimum absolute atomic E-state index is 0.0569. The standard InChI is InChI=1S/C9H8O2S.C2H6/c1-5-8(12)3-2-6-7(10)4-11-9(5)6;1-2/h2-3,12H,4H2,1H3;1-2H3. The third kappa shape index (κ3) is 1.77. The van der Waals surface area contributed by atoms with Gasteiger partial charge in [-0.1, -0.05) is 13.8 Å². The summed E-state index contributed by atoms with van der Waals surface area (Å²) in [5.74, 6) is 0.758. The molecule has 0 saturated carbocycles. The highest BCUT2D eigenvalue weighted by molar-refractivity contribution is 7.80. The van der Waals surface area contributed by atoms with Crippen LogP contribution in [0.3, 0.4) is 0 Å². The van der Waals surface area contributed by atoms with Crippen LogP contribution in [-0.4, -0.2) is 12.4 Å². The molecule has 0 N–H and O–H groups in total. The lowest BCUT2D eigenvalue weighted by atomic mass is 10.1. The van der Waals surface area contributed by atoms with Crippen LogP contribution in [0.2, 0.25) is 0 Å². The zero-order chi connectivity index (χ0) is 10.7. The molecule has 1 aromatic carbocycles. The van der Waals surface area contributed by atoms with Crippen molar-refractivity contribution in [1.82, 2.24) is 0 Å². The maximum Gasteiger partial charge on any atom is 0.203 e. The molecule has 0 aromatic heterocycles. The van der Waals surface area contributed by atoms with E-state index in [9.17, 15) is 4.79 Å². The van der Waals surface area contributed by atoms with Crippen LogP contribution in [0.5, 0.6) is 5.75 Å². The van der Waals surface area contributed by atoms with E-state index < -0.39 is 0 Å². The number of carbonyl (C=O) groups excluding carboxylic acids is 1. The van der Waals surface area contributed by atoms with E-state index in [-0.39, 0.29) is 12.4 Å². The minimum Gasteiger partial charge on any atom is -0.484 e. The van der Waals surface area contributed by atoms with Crippen molar-refractivity contribution >= 4 is 18.4 Å². The molecule has 0 atom stereocenters. The fraction of sp³-hybridized carbons (Fsp3) is 0.364. The summed E-state index contributed by atoms with van der Waals surface area (Å²) in [6.07, 6.45) is 0. The smallest absolute Gasteiger partial charge is 0.203 e. The van der Waals surface area contributed by atoms with Gasteiger partial charge in [-0.05, 0) is 19.1 Å². The molecule has 1 aliphatic rings. The van der Waals surface area contributed by atoms with Crippen molar-refractivity contribution < 1.29 is 9.53 Å². The van der Waals surface area contributed by atoms with Gasteiger partial charge in [-0.15, -0.1) is 12.6 Å². The van der Waals surface area contributed by atoms with Gasteiger partial charge in [-0.3, -0.25) is 4.79 Å². The van der Waals surface area contributed by atoms with Gasteiger partial charge in [0.1, 0.15) is 5.75 Å². The third-order valence-electron chi connectivity index (χ3n) is 2.03. The number of ether oxygens (including phenoxy) is 1. The fourth-order valence-corrected chi connectivity index (χ4v) is 1.48. The summed E-state index contributed by atoms with van der Waals surface area (Å²) >= 11 is 4.23. The van der Waals surface area contributed by atoms with E-state index >= 15 is 0 Å². The number of hydrogen-bond acceptors (Lipinski definition) is 3. The predicted octanol–water partition coefficient (Wildman–Crippen LogP) is 2.89. The van der Waals surface area contributed by atoms with Gasteiger partial charge in [-0.25, -0.2) is 0 Å². The summed E-state index contributed by atoms with van der Waals surface area (Å²) in [5.41, 5.74) is 1.63. The molecule has 76 valence electrons. The highest BCUT2D eigenvalue weighted by Crippen LogP contribution is 2.32. The molecule has 0 unspecified atom stereocenters. The summed E-state index contributed by atoms with van der Waals surface area (Å²) in [7, 11) is 0. The molecule has 0 radical (unpaired) electrons. The van der Waals surface area contributed by atoms with Crippen LogP contribution in [0.15, 0.2) is 17.0 Å². The molecular formula is C11H14O2S. The van der Waals surface area contributed by atoms with E-state index in [1.165, 1.54) is 0 Å². The van der Waals surface area contributed by atoms with E-state index in [1.807, 2.05) is 26.8 Å². The van der Waals surface area contributed by atoms with Gasteiger partial charge in [0.25, 0.3) is 0 Å². The first-order valence-corrected chi connectivity index (χ1v) is 5.13. The highest BCUT2D eigenvalue weighted by atomic mass is 32.1. The second kappa shape index (κ2) is 4.51. The van der Waals surface area contributed by atoms with Crippen molar-refractivity contribution in [1.29, 1.82) is 0 Å². The lowest BCUT2D eigenvalue weighted by Gasteiger charge is -2.03. The van der Waals surface area contributed by atoms with Crippen molar-refractivity contribution in [2.45, 2.75) is 25.7 Å². The van der Waals surface area contributed by atoms with Gasteiger partial charge in [0.05, 0.1) is 5.56 Å². The number of thiol groups is 1. The second-order valence-corrected chi connectivity index (χ2v) is 3.28. The Kier molecular flexibility index (Phi) is 3.58. The molecule has 2 nitrogen and oxygen atoms in total. The SMILES string of the molecule is CC.Cc1c(S)ccc2c1OCC2=O. The molecule has 0 aliphatic carbocycles. The molecule has 14 heavy (non-hydrogen) atoms. The maximum atomic E-state index is 11.2. The van der Waals surface area contributed by atoms with Crippen molar-refractivity contribution in [3.63, 3.8) is 0 Å². The van der Waals surface area contributed by atoms with Gasteiger partial charge < -0.3 is 4.74 Å². The normalized spacial score (nSPS) is 12.7.